The van der Waals surface area contributed by atoms with Gasteiger partial charge in [-0.25, -0.2) is 10.8 Å². The Morgan fingerprint density at radius 3 is 3.16 bits per heavy atom. The fourth-order valence-electron chi connectivity index (χ4n) is 1.99. The highest BCUT2D eigenvalue weighted by atomic mass is 16.5. The first-order valence-corrected chi connectivity index (χ1v) is 6.46. The molecular weight excluding hydrogens is 246 g/mol. The van der Waals surface area contributed by atoms with Gasteiger partial charge in [0.15, 0.2) is 0 Å². The van der Waals surface area contributed by atoms with Crippen LogP contribution in [0.25, 0.3) is 0 Å². The van der Waals surface area contributed by atoms with Crippen molar-refractivity contribution >= 4 is 5.91 Å². The highest BCUT2D eigenvalue weighted by Crippen LogP contribution is 2.13. The number of carbonyl (C=O) groups excluding carboxylic acids is 1. The van der Waals surface area contributed by atoms with Crippen molar-refractivity contribution in [2.24, 2.45) is 5.84 Å². The molecule has 0 bridgehead atoms. The number of pyridine rings is 1. The number of nitrogens with two attached hydrogens (primary N) is 1. The monoisotopic (exact) mass is 265 g/mol. The number of hydrogen-bond acceptors (Lipinski definition) is 5. The number of aromatic nitrogens is 1. The first kappa shape index (κ1) is 13.9. The molecule has 2 heterocycles. The zero-order valence-electron chi connectivity index (χ0n) is 10.8. The maximum atomic E-state index is 11.3. The smallest absolute Gasteiger partial charge is 0.283 e. The summed E-state index contributed by atoms with van der Waals surface area (Å²) in [5.41, 5.74) is 3.05. The zero-order chi connectivity index (χ0) is 13.5. The predicted molar refractivity (Wildman–Crippen MR) is 69.1 cm³/mol. The van der Waals surface area contributed by atoms with Crippen molar-refractivity contribution < 1.29 is 14.3 Å². The molecule has 0 spiro atoms. The highest BCUT2D eigenvalue weighted by molar-refractivity contribution is 5.91. The Kier molecular flexibility index (Phi) is 5.26. The van der Waals surface area contributed by atoms with Crippen LogP contribution in [0, 0.1) is 0 Å². The van der Waals surface area contributed by atoms with Gasteiger partial charge < -0.3 is 9.47 Å². The van der Waals surface area contributed by atoms with E-state index in [1.165, 1.54) is 6.42 Å². The first-order chi connectivity index (χ1) is 9.29. The lowest BCUT2D eigenvalue weighted by molar-refractivity contribution is -0.0452. The summed E-state index contributed by atoms with van der Waals surface area (Å²) in [6, 6.07) is 5.18. The van der Waals surface area contributed by atoms with Crippen LogP contribution in [0.1, 0.15) is 35.4 Å². The molecule has 1 aliphatic heterocycles. The quantitative estimate of drug-likeness (QED) is 0.466. The molecule has 19 heavy (non-hydrogen) atoms. The summed E-state index contributed by atoms with van der Waals surface area (Å²) in [6.07, 6.45) is 3.56. The van der Waals surface area contributed by atoms with Gasteiger partial charge in [-0.1, -0.05) is 6.07 Å². The van der Waals surface area contributed by atoms with Crippen molar-refractivity contribution in [1.29, 1.82) is 0 Å². The molecule has 0 saturated carbocycles. The van der Waals surface area contributed by atoms with Crippen molar-refractivity contribution in [3.05, 3.63) is 29.6 Å². The number of nitrogens with one attached hydrogen (secondary N) is 1. The van der Waals surface area contributed by atoms with Gasteiger partial charge in [-0.2, -0.15) is 0 Å². The average molecular weight is 265 g/mol. The van der Waals surface area contributed by atoms with Gasteiger partial charge in [0.25, 0.3) is 5.91 Å². The molecule has 1 fully saturated rings. The van der Waals surface area contributed by atoms with Gasteiger partial charge in [0.05, 0.1) is 25.0 Å². The minimum Gasteiger partial charge on any atom is -0.376 e. The number of hydrazine groups is 1. The van der Waals surface area contributed by atoms with Gasteiger partial charge in [0, 0.05) is 6.61 Å². The predicted octanol–water partition coefficient (Wildman–Crippen LogP) is 0.771. The van der Waals surface area contributed by atoms with E-state index in [9.17, 15) is 4.79 Å². The van der Waals surface area contributed by atoms with Gasteiger partial charge in [0.1, 0.15) is 5.69 Å². The molecule has 0 radical (unpaired) electrons. The van der Waals surface area contributed by atoms with Crippen LogP contribution in [0.3, 0.4) is 0 Å². The molecular formula is C13H19N3O3. The maximum absolute atomic E-state index is 11.3. The van der Waals surface area contributed by atoms with E-state index in [0.29, 0.717) is 18.9 Å². The second-order valence-electron chi connectivity index (χ2n) is 4.49. The van der Waals surface area contributed by atoms with Crippen LogP contribution in [0.2, 0.25) is 0 Å². The van der Waals surface area contributed by atoms with Crippen LogP contribution in [-0.4, -0.2) is 30.2 Å². The molecule has 1 aromatic heterocycles. The van der Waals surface area contributed by atoms with Crippen LogP contribution >= 0.6 is 0 Å². The van der Waals surface area contributed by atoms with Crippen LogP contribution in [0.5, 0.6) is 0 Å². The van der Waals surface area contributed by atoms with E-state index in [-0.39, 0.29) is 11.8 Å². The first-order valence-electron chi connectivity index (χ1n) is 6.46. The number of carbonyl (C=O) groups is 1. The number of hydrogen-bond donors (Lipinski definition) is 2. The highest BCUT2D eigenvalue weighted by Gasteiger charge is 2.14. The number of nitrogen functional groups attached to an aromatic ring is 1. The molecule has 1 unspecified atom stereocenters. The van der Waals surface area contributed by atoms with Crippen LogP contribution in [-0.2, 0) is 16.1 Å². The van der Waals surface area contributed by atoms with E-state index < -0.39 is 5.91 Å². The van der Waals surface area contributed by atoms with E-state index in [0.717, 1.165) is 19.4 Å². The molecule has 1 atom stereocenters. The average Bonchev–Trinajstić information content (AvgIpc) is 2.48. The maximum Gasteiger partial charge on any atom is 0.283 e. The molecule has 104 valence electrons. The summed E-state index contributed by atoms with van der Waals surface area (Å²) in [6.45, 7) is 1.75. The second-order valence-corrected chi connectivity index (χ2v) is 4.49. The topological polar surface area (TPSA) is 86.5 Å². The van der Waals surface area contributed by atoms with Gasteiger partial charge in [-0.05, 0) is 31.4 Å². The van der Waals surface area contributed by atoms with Crippen molar-refractivity contribution in [2.45, 2.75) is 32.0 Å². The van der Waals surface area contributed by atoms with Gasteiger partial charge >= 0.3 is 0 Å². The molecule has 0 aromatic carbocycles. The Labute approximate surface area is 112 Å². The zero-order valence-corrected chi connectivity index (χ0v) is 10.8. The van der Waals surface area contributed by atoms with Gasteiger partial charge in [0.2, 0.25) is 0 Å². The molecule has 2 rings (SSSR count). The lowest BCUT2D eigenvalue weighted by Gasteiger charge is -2.22. The molecule has 1 amide bonds. The Morgan fingerprint density at radius 1 is 1.53 bits per heavy atom. The third-order valence-electron chi connectivity index (χ3n) is 3.00. The lowest BCUT2D eigenvalue weighted by atomic mass is 10.1. The standard InChI is InChI=1S/C13H19N3O3/c14-16-13(17)12-6-3-4-10(15-12)8-18-9-11-5-1-2-7-19-11/h3-4,6,11H,1-2,5,7-9,14H2,(H,16,17). The molecule has 0 aliphatic carbocycles. The van der Waals surface area contributed by atoms with Crippen LogP contribution < -0.4 is 11.3 Å². The summed E-state index contributed by atoms with van der Waals surface area (Å²) < 4.78 is 11.1. The molecule has 1 aromatic rings. The third-order valence-corrected chi connectivity index (χ3v) is 3.00. The van der Waals surface area contributed by atoms with Crippen molar-refractivity contribution in [3.8, 4) is 0 Å². The fraction of sp³-hybridized carbons (Fsp3) is 0.538. The Hall–Kier alpha value is -1.50. The van der Waals surface area contributed by atoms with Crippen LogP contribution in [0.15, 0.2) is 18.2 Å². The second kappa shape index (κ2) is 7.18. The Balaban J connectivity index is 1.80. The summed E-state index contributed by atoms with van der Waals surface area (Å²) in [7, 11) is 0. The molecule has 1 aliphatic rings. The van der Waals surface area contributed by atoms with E-state index in [4.69, 9.17) is 15.3 Å². The van der Waals surface area contributed by atoms with E-state index >= 15 is 0 Å². The molecule has 6 heteroatoms. The largest absolute Gasteiger partial charge is 0.376 e. The van der Waals surface area contributed by atoms with E-state index in [1.807, 2.05) is 6.07 Å². The lowest BCUT2D eigenvalue weighted by Crippen LogP contribution is -2.30. The fourth-order valence-corrected chi connectivity index (χ4v) is 1.99. The molecule has 6 nitrogen and oxygen atoms in total. The minimum atomic E-state index is -0.405. The summed E-state index contributed by atoms with van der Waals surface area (Å²) in [5, 5.41) is 0. The summed E-state index contributed by atoms with van der Waals surface area (Å²) >= 11 is 0. The Morgan fingerprint density at radius 2 is 2.42 bits per heavy atom. The number of rotatable bonds is 5. The van der Waals surface area contributed by atoms with Gasteiger partial charge in [-0.3, -0.25) is 10.2 Å². The molecule has 3 N–H and O–H groups in total. The van der Waals surface area contributed by atoms with E-state index in [2.05, 4.69) is 10.4 Å². The van der Waals surface area contributed by atoms with Crippen molar-refractivity contribution in [3.63, 3.8) is 0 Å². The number of nitrogens with zero attached hydrogens (tertiary/aromatic N) is 1. The third kappa shape index (κ3) is 4.27. The van der Waals surface area contributed by atoms with Gasteiger partial charge in [-0.15, -0.1) is 0 Å². The molecule has 1 saturated heterocycles. The van der Waals surface area contributed by atoms with Crippen molar-refractivity contribution in [2.75, 3.05) is 13.2 Å². The van der Waals surface area contributed by atoms with Crippen LogP contribution in [0.4, 0.5) is 0 Å². The summed E-state index contributed by atoms with van der Waals surface area (Å²) in [5.74, 6) is 4.66. The minimum absolute atomic E-state index is 0.185. The Bertz CT molecular complexity index is 419. The number of amides is 1. The SMILES string of the molecule is NNC(=O)c1cccc(COCC2CCCCO2)n1. The van der Waals surface area contributed by atoms with Crippen molar-refractivity contribution in [1.82, 2.24) is 10.4 Å². The summed E-state index contributed by atoms with van der Waals surface area (Å²) in [4.78, 5) is 15.5. The van der Waals surface area contributed by atoms with E-state index in [1.54, 1.807) is 12.1 Å². The normalized spacial score (nSPS) is 19.1. The number of ether oxygens (including phenoxy) is 2.